The van der Waals surface area contributed by atoms with Crippen molar-refractivity contribution in [2.24, 2.45) is 0 Å². The van der Waals surface area contributed by atoms with Gasteiger partial charge in [0.15, 0.2) is 0 Å². The van der Waals surface area contributed by atoms with Gasteiger partial charge in [0, 0.05) is 11.6 Å². The zero-order valence-electron chi connectivity index (χ0n) is 5.36. The number of hydrogen-bond donors (Lipinski definition) is 0. The molecule has 0 spiro atoms. The Morgan fingerprint density at radius 1 is 1.73 bits per heavy atom. The third-order valence-corrected chi connectivity index (χ3v) is 2.22. The maximum absolute atomic E-state index is 9.88. The summed E-state index contributed by atoms with van der Waals surface area (Å²) in [6.07, 6.45) is 2.24. The minimum atomic E-state index is -0.520. The fourth-order valence-electron chi connectivity index (χ4n) is 0.563. The van der Waals surface area contributed by atoms with Gasteiger partial charge in [0.25, 0.3) is 0 Å². The molecule has 0 aliphatic rings. The fourth-order valence-corrected chi connectivity index (χ4v) is 1.45. The van der Waals surface area contributed by atoms with E-state index >= 15 is 0 Å². The minimum Gasteiger partial charge on any atom is -0.259 e. The molecule has 1 aromatic rings. The summed E-state index contributed by atoms with van der Waals surface area (Å²) in [6.45, 7) is 0. The van der Waals surface area contributed by atoms with E-state index in [9.17, 15) is 10.1 Å². The number of nitrogens with zero attached hydrogens (tertiary/aromatic N) is 1. The van der Waals surface area contributed by atoms with Crippen molar-refractivity contribution in [2.45, 2.75) is 0 Å². The zero-order valence-corrected chi connectivity index (χ0v) is 6.93. The molecule has 5 heteroatoms. The van der Waals surface area contributed by atoms with Crippen LogP contribution in [0.5, 0.6) is 0 Å². The maximum Gasteiger partial charge on any atom is 0.235 e. The molecule has 0 aliphatic carbocycles. The van der Waals surface area contributed by atoms with E-state index in [0.29, 0.717) is 9.90 Å². The van der Waals surface area contributed by atoms with Crippen molar-refractivity contribution in [3.8, 4) is 0 Å². The summed E-state index contributed by atoms with van der Waals surface area (Å²) in [6, 6.07) is 1.73. The maximum atomic E-state index is 9.88. The van der Waals surface area contributed by atoms with Crippen LogP contribution in [0.2, 0.25) is 4.34 Å². The van der Waals surface area contributed by atoms with Crippen LogP contribution in [0.4, 0.5) is 0 Å². The molecular formula is C6H4ClNO2S. The van der Waals surface area contributed by atoms with E-state index in [-0.39, 0.29) is 0 Å². The van der Waals surface area contributed by atoms with Crippen LogP contribution in [0, 0.1) is 10.1 Å². The monoisotopic (exact) mass is 189 g/mol. The summed E-state index contributed by atoms with van der Waals surface area (Å²) in [4.78, 5) is 9.37. The SMILES string of the molecule is O=[N+]([O-])/C=C/c1ccsc1Cl. The first-order valence-corrected chi connectivity index (χ1v) is 4.00. The van der Waals surface area contributed by atoms with Crippen molar-refractivity contribution in [3.05, 3.63) is 37.7 Å². The summed E-state index contributed by atoms with van der Waals surface area (Å²) in [7, 11) is 0. The molecule has 0 saturated carbocycles. The lowest BCUT2D eigenvalue weighted by molar-refractivity contribution is -0.400. The molecule has 1 aromatic heterocycles. The predicted octanol–water partition coefficient (Wildman–Crippen LogP) is 2.65. The van der Waals surface area contributed by atoms with Crippen molar-refractivity contribution in [3.63, 3.8) is 0 Å². The molecule has 58 valence electrons. The van der Waals surface area contributed by atoms with E-state index in [1.54, 1.807) is 11.4 Å². The van der Waals surface area contributed by atoms with E-state index < -0.39 is 4.92 Å². The molecule has 0 fully saturated rings. The Kier molecular flexibility index (Phi) is 2.62. The predicted molar refractivity (Wildman–Crippen MR) is 45.4 cm³/mol. The molecule has 0 aliphatic heterocycles. The van der Waals surface area contributed by atoms with Crippen LogP contribution in [-0.2, 0) is 0 Å². The van der Waals surface area contributed by atoms with Crippen LogP contribution < -0.4 is 0 Å². The van der Waals surface area contributed by atoms with E-state index in [2.05, 4.69) is 0 Å². The van der Waals surface area contributed by atoms with Gasteiger partial charge >= 0.3 is 0 Å². The van der Waals surface area contributed by atoms with Gasteiger partial charge in [-0.1, -0.05) is 11.6 Å². The normalized spacial score (nSPS) is 10.6. The second kappa shape index (κ2) is 3.50. The second-order valence-corrected chi connectivity index (χ2v) is 3.27. The standard InChI is InChI=1S/C6H4ClNO2S/c7-6-5(2-4-11-6)1-3-8(9)10/h1-4H/b3-1+. The average molecular weight is 190 g/mol. The molecule has 11 heavy (non-hydrogen) atoms. The van der Waals surface area contributed by atoms with Gasteiger partial charge in [0.2, 0.25) is 6.20 Å². The van der Waals surface area contributed by atoms with Crippen LogP contribution in [0.15, 0.2) is 17.6 Å². The Morgan fingerprint density at radius 2 is 2.45 bits per heavy atom. The Balaban J connectivity index is 2.79. The Labute approximate surface area is 72.1 Å². The molecule has 1 heterocycles. The van der Waals surface area contributed by atoms with E-state index in [4.69, 9.17) is 11.6 Å². The van der Waals surface area contributed by atoms with E-state index in [1.165, 1.54) is 17.4 Å². The van der Waals surface area contributed by atoms with Gasteiger partial charge in [-0.25, -0.2) is 0 Å². The first-order chi connectivity index (χ1) is 5.20. The zero-order chi connectivity index (χ0) is 8.27. The third kappa shape index (κ3) is 2.32. The molecule has 0 saturated heterocycles. The van der Waals surface area contributed by atoms with Crippen LogP contribution >= 0.6 is 22.9 Å². The van der Waals surface area contributed by atoms with Crippen molar-refractivity contribution in [1.82, 2.24) is 0 Å². The fraction of sp³-hybridized carbons (Fsp3) is 0. The van der Waals surface area contributed by atoms with Gasteiger partial charge in [-0.2, -0.15) is 0 Å². The largest absolute Gasteiger partial charge is 0.259 e. The third-order valence-electron chi connectivity index (χ3n) is 1.02. The van der Waals surface area contributed by atoms with E-state index in [1.807, 2.05) is 0 Å². The van der Waals surface area contributed by atoms with Gasteiger partial charge in [-0.15, -0.1) is 11.3 Å². The summed E-state index contributed by atoms with van der Waals surface area (Å²) in [5.41, 5.74) is 0.688. The lowest BCUT2D eigenvalue weighted by Crippen LogP contribution is -1.81. The molecule has 0 amide bonds. The van der Waals surface area contributed by atoms with Crippen molar-refractivity contribution >= 4 is 29.0 Å². The van der Waals surface area contributed by atoms with Crippen LogP contribution in [0.25, 0.3) is 6.08 Å². The molecule has 3 nitrogen and oxygen atoms in total. The quantitative estimate of drug-likeness (QED) is 0.530. The molecule has 0 N–H and O–H groups in total. The molecular weight excluding hydrogens is 186 g/mol. The molecule has 0 aromatic carbocycles. The van der Waals surface area contributed by atoms with Gasteiger partial charge in [-0.3, -0.25) is 10.1 Å². The smallest absolute Gasteiger partial charge is 0.235 e. The van der Waals surface area contributed by atoms with Crippen molar-refractivity contribution in [2.75, 3.05) is 0 Å². The highest BCUT2D eigenvalue weighted by Gasteiger charge is 1.97. The van der Waals surface area contributed by atoms with Crippen LogP contribution in [0.3, 0.4) is 0 Å². The molecule has 0 radical (unpaired) electrons. The summed E-state index contributed by atoms with van der Waals surface area (Å²) in [5.74, 6) is 0. The number of thiophene rings is 1. The minimum absolute atomic E-state index is 0.520. The molecule has 1 rings (SSSR count). The molecule has 0 bridgehead atoms. The first kappa shape index (κ1) is 8.23. The van der Waals surface area contributed by atoms with Crippen molar-refractivity contribution in [1.29, 1.82) is 0 Å². The van der Waals surface area contributed by atoms with Crippen LogP contribution in [-0.4, -0.2) is 4.92 Å². The van der Waals surface area contributed by atoms with E-state index in [0.717, 1.165) is 6.20 Å². The van der Waals surface area contributed by atoms with Gasteiger partial charge in [0.1, 0.15) is 4.34 Å². The Morgan fingerprint density at radius 3 is 2.91 bits per heavy atom. The van der Waals surface area contributed by atoms with Crippen molar-refractivity contribution < 1.29 is 4.92 Å². The average Bonchev–Trinajstić information content (AvgIpc) is 2.31. The highest BCUT2D eigenvalue weighted by molar-refractivity contribution is 7.14. The number of halogens is 1. The molecule has 0 unspecified atom stereocenters. The Bertz CT molecular complexity index is 295. The summed E-state index contributed by atoms with van der Waals surface area (Å²) in [5, 5.41) is 11.7. The summed E-state index contributed by atoms with van der Waals surface area (Å²) < 4.78 is 0.572. The van der Waals surface area contributed by atoms with Crippen LogP contribution in [0.1, 0.15) is 5.56 Å². The number of hydrogen-bond acceptors (Lipinski definition) is 3. The topological polar surface area (TPSA) is 43.1 Å². The number of rotatable bonds is 2. The Hall–Kier alpha value is -0.870. The highest BCUT2D eigenvalue weighted by Crippen LogP contribution is 2.23. The first-order valence-electron chi connectivity index (χ1n) is 2.75. The van der Waals surface area contributed by atoms with Gasteiger partial charge in [0.05, 0.1) is 4.92 Å². The second-order valence-electron chi connectivity index (χ2n) is 1.75. The van der Waals surface area contributed by atoms with Gasteiger partial charge < -0.3 is 0 Å². The molecule has 0 atom stereocenters. The number of nitro groups is 1. The summed E-state index contributed by atoms with van der Waals surface area (Å²) >= 11 is 7.02. The van der Waals surface area contributed by atoms with Gasteiger partial charge in [-0.05, 0) is 11.4 Å². The lowest BCUT2D eigenvalue weighted by atomic mass is 10.3. The lowest BCUT2D eigenvalue weighted by Gasteiger charge is -1.82. The highest BCUT2D eigenvalue weighted by atomic mass is 35.5.